The number of aromatic nitrogens is 1. The Morgan fingerprint density at radius 1 is 1.03 bits per heavy atom. The van der Waals surface area contributed by atoms with Crippen molar-refractivity contribution in [2.24, 2.45) is 5.92 Å². The van der Waals surface area contributed by atoms with Crippen molar-refractivity contribution in [3.05, 3.63) is 104 Å². The summed E-state index contributed by atoms with van der Waals surface area (Å²) in [6, 6.07) is 21.6. The third-order valence-electron chi connectivity index (χ3n) is 6.12. The molecule has 5 nitrogen and oxygen atoms in total. The third kappa shape index (κ3) is 4.29. The van der Waals surface area contributed by atoms with Crippen molar-refractivity contribution in [3.8, 4) is 11.4 Å². The fourth-order valence-electron chi connectivity index (χ4n) is 4.36. The minimum absolute atomic E-state index is 0.207. The lowest BCUT2D eigenvalue weighted by Crippen LogP contribution is -2.33. The van der Waals surface area contributed by atoms with Gasteiger partial charge in [-0.1, -0.05) is 65.7 Å². The number of rotatable bonds is 5. The first-order valence-electron chi connectivity index (χ1n) is 11.1. The molecule has 0 bridgehead atoms. The zero-order chi connectivity index (χ0) is 23.8. The number of pyridine rings is 1. The number of para-hydroxylation sites is 1. The van der Waals surface area contributed by atoms with Gasteiger partial charge in [-0.15, -0.1) is 0 Å². The summed E-state index contributed by atoms with van der Waals surface area (Å²) in [6.07, 6.45) is 1.45. The van der Waals surface area contributed by atoms with Crippen LogP contribution in [0.2, 0.25) is 10.0 Å². The Balaban J connectivity index is 1.56. The van der Waals surface area contributed by atoms with E-state index in [0.29, 0.717) is 43.9 Å². The van der Waals surface area contributed by atoms with E-state index < -0.39 is 6.09 Å². The maximum atomic E-state index is 13.4. The van der Waals surface area contributed by atoms with Crippen molar-refractivity contribution < 1.29 is 9.53 Å². The maximum Gasteiger partial charge on any atom is 0.413 e. The highest BCUT2D eigenvalue weighted by Crippen LogP contribution is 2.41. The van der Waals surface area contributed by atoms with Crippen molar-refractivity contribution in [1.29, 1.82) is 0 Å². The molecule has 172 valence electrons. The average Bonchev–Trinajstić information content (AvgIpc) is 3.66. The molecule has 0 radical (unpaired) electrons. The summed E-state index contributed by atoms with van der Waals surface area (Å²) < 4.78 is 7.41. The first kappa shape index (κ1) is 22.5. The molecule has 0 saturated heterocycles. The monoisotopic (exact) mass is 492 g/mol. The molecule has 34 heavy (non-hydrogen) atoms. The molecule has 0 unspecified atom stereocenters. The van der Waals surface area contributed by atoms with Crippen LogP contribution in [-0.2, 0) is 0 Å². The molecule has 1 fully saturated rings. The largest absolute Gasteiger partial charge is 0.413 e. The molecule has 3 aromatic carbocycles. The predicted molar refractivity (Wildman–Crippen MR) is 135 cm³/mol. The molecular formula is C27H22Cl2N2O3. The van der Waals surface area contributed by atoms with Gasteiger partial charge < -0.3 is 10.1 Å². The summed E-state index contributed by atoms with van der Waals surface area (Å²) in [5.41, 5.74) is 1.83. The normalized spacial score (nSPS) is 14.1. The molecule has 1 atom stereocenters. The number of amides is 1. The number of benzene rings is 3. The molecule has 1 aromatic heterocycles. The van der Waals surface area contributed by atoms with E-state index in [-0.39, 0.29) is 11.6 Å². The van der Waals surface area contributed by atoms with Crippen molar-refractivity contribution in [2.45, 2.75) is 25.8 Å². The molecule has 7 heteroatoms. The second-order valence-electron chi connectivity index (χ2n) is 8.46. The van der Waals surface area contributed by atoms with E-state index in [4.69, 9.17) is 27.9 Å². The van der Waals surface area contributed by atoms with Crippen LogP contribution < -0.4 is 15.6 Å². The highest BCUT2D eigenvalue weighted by molar-refractivity contribution is 6.35. The number of ether oxygens (including phenoxy) is 1. The maximum absolute atomic E-state index is 13.4. The lowest BCUT2D eigenvalue weighted by atomic mass is 10.0. The molecule has 1 aliphatic carbocycles. The van der Waals surface area contributed by atoms with Crippen molar-refractivity contribution >= 4 is 40.1 Å². The molecular weight excluding hydrogens is 471 g/mol. The number of carbonyl (C=O) groups excluding carboxylic acids is 1. The van der Waals surface area contributed by atoms with Gasteiger partial charge in [0.25, 0.3) is 5.56 Å². The van der Waals surface area contributed by atoms with Crippen LogP contribution in [0.5, 0.6) is 5.75 Å². The van der Waals surface area contributed by atoms with Gasteiger partial charge in [-0.05, 0) is 61.6 Å². The van der Waals surface area contributed by atoms with Gasteiger partial charge in [0.2, 0.25) is 0 Å². The van der Waals surface area contributed by atoms with E-state index in [9.17, 15) is 9.59 Å². The fraction of sp³-hybridized carbons (Fsp3) is 0.185. The Morgan fingerprint density at radius 2 is 1.76 bits per heavy atom. The molecule has 1 N–H and O–H groups in total. The summed E-state index contributed by atoms with van der Waals surface area (Å²) in [5.74, 6) is 0.621. The highest BCUT2D eigenvalue weighted by atomic mass is 35.5. The van der Waals surface area contributed by atoms with Crippen LogP contribution in [0.1, 0.15) is 30.1 Å². The van der Waals surface area contributed by atoms with Crippen LogP contribution in [0.15, 0.2) is 77.6 Å². The van der Waals surface area contributed by atoms with E-state index in [1.54, 1.807) is 31.2 Å². The Morgan fingerprint density at radius 3 is 2.47 bits per heavy atom. The Kier molecular flexibility index (Phi) is 6.07. The number of carbonyl (C=O) groups is 1. The van der Waals surface area contributed by atoms with Gasteiger partial charge in [0, 0.05) is 16.1 Å². The lowest BCUT2D eigenvalue weighted by molar-refractivity contribution is 0.194. The minimum Gasteiger partial charge on any atom is -0.408 e. The molecule has 5 rings (SSSR count). The molecule has 0 aliphatic heterocycles. The quantitative estimate of drug-likeness (QED) is 0.331. The number of nitrogens with one attached hydrogen (secondary N) is 1. The summed E-state index contributed by atoms with van der Waals surface area (Å²) in [7, 11) is 0. The molecule has 1 saturated carbocycles. The smallest absolute Gasteiger partial charge is 0.408 e. The third-order valence-corrected chi connectivity index (χ3v) is 6.67. The van der Waals surface area contributed by atoms with Gasteiger partial charge in [0.1, 0.15) is 0 Å². The van der Waals surface area contributed by atoms with Gasteiger partial charge in [-0.2, -0.15) is 0 Å². The summed E-state index contributed by atoms with van der Waals surface area (Å²) >= 11 is 12.6. The van der Waals surface area contributed by atoms with Gasteiger partial charge >= 0.3 is 6.09 Å². The van der Waals surface area contributed by atoms with E-state index in [1.165, 1.54) is 4.57 Å². The zero-order valence-corrected chi connectivity index (χ0v) is 19.9. The average molecular weight is 493 g/mol. The van der Waals surface area contributed by atoms with E-state index in [2.05, 4.69) is 5.32 Å². The predicted octanol–water partition coefficient (Wildman–Crippen LogP) is 6.85. The second-order valence-corrected chi connectivity index (χ2v) is 9.30. The molecule has 1 amide bonds. The molecule has 1 heterocycles. The van der Waals surface area contributed by atoms with Crippen LogP contribution in [-0.4, -0.2) is 10.7 Å². The van der Waals surface area contributed by atoms with Crippen molar-refractivity contribution in [1.82, 2.24) is 9.88 Å². The molecule has 0 spiro atoms. The Hall–Kier alpha value is -3.28. The topological polar surface area (TPSA) is 60.3 Å². The summed E-state index contributed by atoms with van der Waals surface area (Å²) in [5, 5.41) is 4.71. The number of halogens is 2. The first-order chi connectivity index (χ1) is 16.4. The summed E-state index contributed by atoms with van der Waals surface area (Å²) in [6.45, 7) is 1.76. The van der Waals surface area contributed by atoms with Crippen molar-refractivity contribution in [3.63, 3.8) is 0 Å². The molecule has 1 aliphatic rings. The van der Waals surface area contributed by atoms with E-state index in [0.717, 1.165) is 18.4 Å². The second kappa shape index (κ2) is 9.16. The number of hydrogen-bond acceptors (Lipinski definition) is 3. The van der Waals surface area contributed by atoms with E-state index in [1.807, 2.05) is 48.5 Å². The van der Waals surface area contributed by atoms with Crippen LogP contribution in [0.25, 0.3) is 16.5 Å². The van der Waals surface area contributed by atoms with Gasteiger partial charge in [0.05, 0.1) is 22.1 Å². The van der Waals surface area contributed by atoms with Crippen molar-refractivity contribution in [2.75, 3.05) is 0 Å². The van der Waals surface area contributed by atoms with Crippen LogP contribution in [0.4, 0.5) is 4.79 Å². The summed E-state index contributed by atoms with van der Waals surface area (Å²) in [4.78, 5) is 26.6. The van der Waals surface area contributed by atoms with Crippen LogP contribution in [0.3, 0.4) is 0 Å². The lowest BCUT2D eigenvalue weighted by Gasteiger charge is -2.21. The Bertz CT molecular complexity index is 1450. The Labute approximate surface area is 206 Å². The number of nitrogens with zero attached hydrogens (tertiary/aromatic N) is 1. The van der Waals surface area contributed by atoms with Crippen LogP contribution in [0, 0.1) is 12.8 Å². The van der Waals surface area contributed by atoms with E-state index >= 15 is 0 Å². The molecule has 4 aromatic rings. The minimum atomic E-state index is -0.598. The van der Waals surface area contributed by atoms with Gasteiger partial charge in [0.15, 0.2) is 5.75 Å². The van der Waals surface area contributed by atoms with Crippen LogP contribution >= 0.6 is 23.2 Å². The SMILES string of the molecule is Cc1c(OC(=O)N[C@H](c2cccc(Cl)c2)C2CC2)c2cccc(Cl)c2c(=O)n1-c1ccccc1. The first-order valence-corrected chi connectivity index (χ1v) is 11.8. The van der Waals surface area contributed by atoms with Gasteiger partial charge in [-0.3, -0.25) is 9.36 Å². The standard InChI is InChI=1S/C27H22Cl2N2O3/c1-16-25(34-27(33)30-24(17-13-14-17)18-7-5-8-19(28)15-18)21-11-6-12-22(29)23(21)26(32)31(16)20-9-3-2-4-10-20/h2-12,15,17,24H,13-14H2,1H3,(H,30,33)/t24-/m0/s1. The van der Waals surface area contributed by atoms with Gasteiger partial charge in [-0.25, -0.2) is 4.79 Å². The zero-order valence-electron chi connectivity index (χ0n) is 18.4. The number of fused-ring (bicyclic) bond motifs is 1. The highest BCUT2D eigenvalue weighted by Gasteiger charge is 2.34. The fourth-order valence-corrected chi connectivity index (χ4v) is 4.81. The number of hydrogen-bond donors (Lipinski definition) is 1.